The van der Waals surface area contributed by atoms with E-state index in [0.29, 0.717) is 0 Å². The Morgan fingerprint density at radius 3 is 2.33 bits per heavy atom. The van der Waals surface area contributed by atoms with Crippen molar-refractivity contribution < 1.29 is 22.7 Å². The highest BCUT2D eigenvalue weighted by molar-refractivity contribution is 7.95. The Hall–Kier alpha value is -0.620. The summed E-state index contributed by atoms with van der Waals surface area (Å²) in [5.74, 6) is -0.719. The molecule has 0 unspecified atom stereocenters. The molecule has 5 nitrogen and oxygen atoms in total. The minimum absolute atomic E-state index is 0.168. The molecule has 15 heavy (non-hydrogen) atoms. The van der Waals surface area contributed by atoms with E-state index in [9.17, 15) is 13.2 Å². The van der Waals surface area contributed by atoms with E-state index in [1.54, 1.807) is 20.8 Å². The summed E-state index contributed by atoms with van der Waals surface area (Å²) in [5.41, 5.74) is 0. The highest BCUT2D eigenvalue weighted by atomic mass is 32.2. The SMILES string of the molecule is CCOC(=O)[C@@H]1[C@@H](OC)C(C)(C)S1(=O)=O. The Morgan fingerprint density at radius 1 is 1.40 bits per heavy atom. The van der Waals surface area contributed by atoms with Crippen LogP contribution in [-0.4, -0.2) is 44.2 Å². The van der Waals surface area contributed by atoms with Gasteiger partial charge in [0, 0.05) is 7.11 Å². The summed E-state index contributed by atoms with van der Waals surface area (Å²) in [6.45, 7) is 4.90. The van der Waals surface area contributed by atoms with Crippen molar-refractivity contribution in [2.24, 2.45) is 0 Å². The van der Waals surface area contributed by atoms with E-state index in [2.05, 4.69) is 0 Å². The number of carbonyl (C=O) groups is 1. The summed E-state index contributed by atoms with van der Waals surface area (Å²) in [4.78, 5) is 11.4. The molecule has 0 aromatic carbocycles. The van der Waals surface area contributed by atoms with Crippen LogP contribution in [0.2, 0.25) is 0 Å². The van der Waals surface area contributed by atoms with E-state index in [1.165, 1.54) is 7.11 Å². The molecular formula is C9H16O5S. The highest BCUT2D eigenvalue weighted by Gasteiger charge is 2.66. The normalized spacial score (nSPS) is 31.7. The molecule has 1 fully saturated rings. The molecule has 0 bridgehead atoms. The molecule has 2 atom stereocenters. The van der Waals surface area contributed by atoms with Crippen LogP contribution >= 0.6 is 0 Å². The lowest BCUT2D eigenvalue weighted by Crippen LogP contribution is -2.70. The summed E-state index contributed by atoms with van der Waals surface area (Å²) in [6, 6.07) is 0. The topological polar surface area (TPSA) is 69.7 Å². The second-order valence-corrected chi connectivity index (χ2v) is 6.63. The smallest absolute Gasteiger partial charge is 0.327 e. The second-order valence-electron chi connectivity index (χ2n) is 3.98. The number of ether oxygens (including phenoxy) is 2. The van der Waals surface area contributed by atoms with Gasteiger partial charge in [0.15, 0.2) is 15.1 Å². The number of hydrogen-bond acceptors (Lipinski definition) is 5. The molecule has 0 aromatic heterocycles. The van der Waals surface area contributed by atoms with Crippen molar-refractivity contribution in [2.75, 3.05) is 13.7 Å². The molecule has 0 aliphatic carbocycles. The van der Waals surface area contributed by atoms with Gasteiger partial charge in [0.1, 0.15) is 6.10 Å². The third kappa shape index (κ3) is 1.56. The van der Waals surface area contributed by atoms with E-state index >= 15 is 0 Å². The van der Waals surface area contributed by atoms with Crippen molar-refractivity contribution in [1.82, 2.24) is 0 Å². The molecule has 0 amide bonds. The minimum Gasteiger partial charge on any atom is -0.465 e. The molecule has 0 saturated carbocycles. The highest BCUT2D eigenvalue weighted by Crippen LogP contribution is 2.42. The van der Waals surface area contributed by atoms with Gasteiger partial charge in [-0.25, -0.2) is 8.42 Å². The zero-order valence-electron chi connectivity index (χ0n) is 9.31. The van der Waals surface area contributed by atoms with Crippen LogP contribution in [-0.2, 0) is 24.1 Å². The number of sulfone groups is 1. The first-order valence-electron chi connectivity index (χ1n) is 4.73. The third-order valence-corrected chi connectivity index (χ3v) is 5.61. The van der Waals surface area contributed by atoms with Gasteiger partial charge >= 0.3 is 5.97 Å². The summed E-state index contributed by atoms with van der Waals surface area (Å²) in [7, 11) is -2.09. The molecular weight excluding hydrogens is 220 g/mol. The Kier molecular flexibility index (Phi) is 3.11. The molecule has 0 spiro atoms. The predicted octanol–water partition coefficient (Wildman–Crippen LogP) is 0.140. The Bertz CT molecular complexity index is 357. The van der Waals surface area contributed by atoms with Gasteiger partial charge in [-0.3, -0.25) is 4.79 Å². The lowest BCUT2D eigenvalue weighted by atomic mass is 10.0. The first kappa shape index (κ1) is 12.4. The molecule has 1 aliphatic heterocycles. The summed E-state index contributed by atoms with van der Waals surface area (Å²) < 4.78 is 32.3. The van der Waals surface area contributed by atoms with E-state index in [0.717, 1.165) is 0 Å². The molecule has 0 N–H and O–H groups in total. The lowest BCUT2D eigenvalue weighted by Gasteiger charge is -2.47. The summed E-state index contributed by atoms with van der Waals surface area (Å²) in [5, 5.41) is -1.17. The van der Waals surface area contributed by atoms with Gasteiger partial charge in [0.2, 0.25) is 0 Å². The first-order chi connectivity index (χ1) is 6.80. The van der Waals surface area contributed by atoms with Crippen molar-refractivity contribution in [3.8, 4) is 0 Å². The van der Waals surface area contributed by atoms with Crippen molar-refractivity contribution in [3.63, 3.8) is 0 Å². The van der Waals surface area contributed by atoms with E-state index in [4.69, 9.17) is 9.47 Å². The number of esters is 1. The number of methoxy groups -OCH3 is 1. The van der Waals surface area contributed by atoms with Crippen LogP contribution in [0.1, 0.15) is 20.8 Å². The van der Waals surface area contributed by atoms with E-state index < -0.39 is 31.9 Å². The molecule has 0 radical (unpaired) electrons. The average molecular weight is 236 g/mol. The van der Waals surface area contributed by atoms with Gasteiger partial charge < -0.3 is 9.47 Å². The van der Waals surface area contributed by atoms with Gasteiger partial charge in [-0.05, 0) is 20.8 Å². The largest absolute Gasteiger partial charge is 0.465 e. The molecule has 1 aliphatic rings. The first-order valence-corrected chi connectivity index (χ1v) is 6.28. The quantitative estimate of drug-likeness (QED) is 0.652. The van der Waals surface area contributed by atoms with E-state index in [1.807, 2.05) is 0 Å². The summed E-state index contributed by atoms with van der Waals surface area (Å²) >= 11 is 0. The van der Waals surface area contributed by atoms with Crippen molar-refractivity contribution >= 4 is 15.8 Å². The molecule has 88 valence electrons. The zero-order chi connectivity index (χ0) is 11.9. The fourth-order valence-electron chi connectivity index (χ4n) is 1.83. The molecule has 1 heterocycles. The van der Waals surface area contributed by atoms with Crippen LogP contribution in [0.15, 0.2) is 0 Å². The number of rotatable bonds is 3. The number of hydrogen-bond donors (Lipinski definition) is 0. The van der Waals surface area contributed by atoms with Crippen LogP contribution in [0.25, 0.3) is 0 Å². The molecule has 1 saturated heterocycles. The van der Waals surface area contributed by atoms with Gasteiger partial charge in [-0.2, -0.15) is 0 Å². The van der Waals surface area contributed by atoms with Crippen LogP contribution in [0, 0.1) is 0 Å². The van der Waals surface area contributed by atoms with Crippen LogP contribution in [0.4, 0.5) is 0 Å². The summed E-state index contributed by atoms with van der Waals surface area (Å²) in [6.07, 6.45) is -0.624. The maximum atomic E-state index is 11.8. The zero-order valence-corrected chi connectivity index (χ0v) is 10.1. The monoisotopic (exact) mass is 236 g/mol. The average Bonchev–Trinajstić information content (AvgIpc) is 2.12. The van der Waals surface area contributed by atoms with E-state index in [-0.39, 0.29) is 6.61 Å². The molecule has 0 aromatic rings. The fraction of sp³-hybridized carbons (Fsp3) is 0.889. The van der Waals surface area contributed by atoms with Crippen molar-refractivity contribution in [3.05, 3.63) is 0 Å². The van der Waals surface area contributed by atoms with Crippen LogP contribution in [0.3, 0.4) is 0 Å². The molecule has 6 heteroatoms. The number of carbonyl (C=O) groups excluding carboxylic acids is 1. The van der Waals surface area contributed by atoms with Gasteiger partial charge in [-0.1, -0.05) is 0 Å². The predicted molar refractivity (Wildman–Crippen MR) is 54.2 cm³/mol. The third-order valence-electron chi connectivity index (χ3n) is 2.80. The lowest BCUT2D eigenvalue weighted by molar-refractivity contribution is -0.147. The van der Waals surface area contributed by atoms with Gasteiger partial charge in [0.25, 0.3) is 0 Å². The van der Waals surface area contributed by atoms with Crippen LogP contribution < -0.4 is 0 Å². The maximum absolute atomic E-state index is 11.8. The van der Waals surface area contributed by atoms with Crippen molar-refractivity contribution in [1.29, 1.82) is 0 Å². The Balaban J connectivity index is 2.97. The second kappa shape index (κ2) is 3.75. The van der Waals surface area contributed by atoms with Gasteiger partial charge in [0.05, 0.1) is 11.4 Å². The van der Waals surface area contributed by atoms with Crippen LogP contribution in [0.5, 0.6) is 0 Å². The standard InChI is InChI=1S/C9H16O5S/c1-5-14-8(10)6-7(13-4)9(2,3)15(6,11)12/h6-7H,5H2,1-4H3/t6-,7+/m0/s1. The molecule has 1 rings (SSSR count). The van der Waals surface area contributed by atoms with Crippen molar-refractivity contribution in [2.45, 2.75) is 36.9 Å². The fourth-order valence-corrected chi connectivity index (χ4v) is 3.91. The minimum atomic E-state index is -3.48. The Labute approximate surface area is 89.7 Å². The Morgan fingerprint density at radius 2 is 1.93 bits per heavy atom. The maximum Gasteiger partial charge on any atom is 0.327 e. The van der Waals surface area contributed by atoms with Gasteiger partial charge in [-0.15, -0.1) is 0 Å².